The molecule has 0 spiro atoms. The molecule has 1 saturated heterocycles. The number of ether oxygens (including phenoxy) is 1. The number of thiophene rings is 1. The van der Waals surface area contributed by atoms with Crippen molar-refractivity contribution in [1.29, 1.82) is 0 Å². The zero-order chi connectivity index (χ0) is 18.5. The van der Waals surface area contributed by atoms with Crippen molar-refractivity contribution in [1.82, 2.24) is 10.2 Å². The van der Waals surface area contributed by atoms with E-state index >= 15 is 0 Å². The van der Waals surface area contributed by atoms with E-state index in [1.54, 1.807) is 14.1 Å². The van der Waals surface area contributed by atoms with Crippen LogP contribution in [-0.4, -0.2) is 63.7 Å². The van der Waals surface area contributed by atoms with E-state index in [4.69, 9.17) is 4.74 Å². The third kappa shape index (κ3) is 4.05. The zero-order valence-electron chi connectivity index (χ0n) is 15.0. The van der Waals surface area contributed by atoms with Gasteiger partial charge in [0.05, 0.1) is 29.6 Å². The fourth-order valence-corrected chi connectivity index (χ4v) is 4.09. The van der Waals surface area contributed by atoms with Crippen molar-refractivity contribution >= 4 is 28.2 Å². The number of hydrogen-bond donors (Lipinski definition) is 1. The SMILES string of the molecule is CNC(=O)CN(C)C(=O)c1cc(-c2ccccc2)c(N2CCOCC2)s1. The quantitative estimate of drug-likeness (QED) is 0.872. The van der Waals surface area contributed by atoms with E-state index in [1.165, 1.54) is 16.2 Å². The molecule has 0 bridgehead atoms. The minimum Gasteiger partial charge on any atom is -0.378 e. The van der Waals surface area contributed by atoms with Crippen molar-refractivity contribution in [2.75, 3.05) is 51.8 Å². The lowest BCUT2D eigenvalue weighted by atomic mass is 10.1. The summed E-state index contributed by atoms with van der Waals surface area (Å²) in [7, 11) is 3.21. The van der Waals surface area contributed by atoms with Gasteiger partial charge >= 0.3 is 0 Å². The number of anilines is 1. The second-order valence-electron chi connectivity index (χ2n) is 6.13. The molecule has 0 atom stereocenters. The van der Waals surface area contributed by atoms with E-state index in [-0.39, 0.29) is 18.4 Å². The molecule has 0 saturated carbocycles. The van der Waals surface area contributed by atoms with Crippen LogP contribution in [0, 0.1) is 0 Å². The van der Waals surface area contributed by atoms with Crippen LogP contribution in [0.4, 0.5) is 5.00 Å². The van der Waals surface area contributed by atoms with Gasteiger partial charge in [-0.25, -0.2) is 0 Å². The molecule has 2 heterocycles. The first kappa shape index (κ1) is 18.4. The van der Waals surface area contributed by atoms with Gasteiger partial charge in [0.1, 0.15) is 0 Å². The zero-order valence-corrected chi connectivity index (χ0v) is 15.8. The summed E-state index contributed by atoms with van der Waals surface area (Å²) in [5.41, 5.74) is 2.13. The fraction of sp³-hybridized carbons (Fsp3) is 0.368. The largest absolute Gasteiger partial charge is 0.378 e. The Bertz CT molecular complexity index is 770. The Hall–Kier alpha value is -2.38. The van der Waals surface area contributed by atoms with Crippen LogP contribution in [0.1, 0.15) is 9.67 Å². The number of amides is 2. The topological polar surface area (TPSA) is 61.9 Å². The van der Waals surface area contributed by atoms with Gasteiger partial charge in [-0.3, -0.25) is 9.59 Å². The smallest absolute Gasteiger partial charge is 0.264 e. The van der Waals surface area contributed by atoms with Crippen LogP contribution in [0.2, 0.25) is 0 Å². The number of carbonyl (C=O) groups is 2. The maximum atomic E-state index is 12.8. The molecule has 138 valence electrons. The normalized spacial score (nSPS) is 14.2. The average Bonchev–Trinajstić information content (AvgIpc) is 3.14. The van der Waals surface area contributed by atoms with Crippen molar-refractivity contribution in [2.45, 2.75) is 0 Å². The molecule has 1 aromatic carbocycles. The van der Waals surface area contributed by atoms with E-state index in [2.05, 4.69) is 22.3 Å². The van der Waals surface area contributed by atoms with Crippen molar-refractivity contribution in [3.63, 3.8) is 0 Å². The lowest BCUT2D eigenvalue weighted by Gasteiger charge is -2.28. The standard InChI is InChI=1S/C19H23N3O3S/c1-20-17(23)13-21(2)18(24)16-12-15(14-6-4-3-5-7-14)19(26-16)22-8-10-25-11-9-22/h3-7,12H,8-11,13H2,1-2H3,(H,20,23). The predicted octanol–water partition coefficient (Wildman–Crippen LogP) is 2.07. The first-order chi connectivity index (χ1) is 12.6. The Kier molecular flexibility index (Phi) is 5.90. The molecule has 3 rings (SSSR count). The molecule has 2 amide bonds. The van der Waals surface area contributed by atoms with Crippen LogP contribution in [0.5, 0.6) is 0 Å². The van der Waals surface area contributed by atoms with Crippen LogP contribution in [0.25, 0.3) is 11.1 Å². The van der Waals surface area contributed by atoms with Gasteiger partial charge in [-0.2, -0.15) is 0 Å². The van der Waals surface area contributed by atoms with Gasteiger partial charge in [0, 0.05) is 32.7 Å². The number of morpholine rings is 1. The highest BCUT2D eigenvalue weighted by Gasteiger charge is 2.23. The van der Waals surface area contributed by atoms with Crippen LogP contribution in [-0.2, 0) is 9.53 Å². The van der Waals surface area contributed by atoms with Gasteiger partial charge in [0.15, 0.2) is 0 Å². The van der Waals surface area contributed by atoms with Crippen molar-refractivity contribution in [3.8, 4) is 11.1 Å². The minimum atomic E-state index is -0.186. The number of benzene rings is 1. The molecule has 2 aromatic rings. The molecule has 1 aromatic heterocycles. The van der Waals surface area contributed by atoms with E-state index in [0.29, 0.717) is 18.1 Å². The van der Waals surface area contributed by atoms with Crippen LogP contribution in [0.15, 0.2) is 36.4 Å². The Labute approximate surface area is 157 Å². The van der Waals surface area contributed by atoms with Gasteiger partial charge in [0.2, 0.25) is 5.91 Å². The van der Waals surface area contributed by atoms with Gasteiger partial charge < -0.3 is 19.9 Å². The summed E-state index contributed by atoms with van der Waals surface area (Å²) in [6.45, 7) is 3.03. The fourth-order valence-electron chi connectivity index (χ4n) is 2.87. The summed E-state index contributed by atoms with van der Waals surface area (Å²) >= 11 is 1.48. The third-order valence-electron chi connectivity index (χ3n) is 4.31. The van der Waals surface area contributed by atoms with Crippen LogP contribution in [0.3, 0.4) is 0 Å². The molecule has 1 fully saturated rings. The Morgan fingerprint density at radius 1 is 1.23 bits per heavy atom. The highest BCUT2D eigenvalue weighted by atomic mass is 32.1. The number of hydrogen-bond acceptors (Lipinski definition) is 5. The van der Waals surface area contributed by atoms with Crippen LogP contribution < -0.4 is 10.2 Å². The highest BCUT2D eigenvalue weighted by Crippen LogP contribution is 2.39. The van der Waals surface area contributed by atoms with E-state index in [9.17, 15) is 9.59 Å². The summed E-state index contributed by atoms with van der Waals surface area (Å²) in [6.07, 6.45) is 0. The summed E-state index contributed by atoms with van der Waals surface area (Å²) in [6, 6.07) is 12.0. The molecule has 0 aliphatic carbocycles. The highest BCUT2D eigenvalue weighted by molar-refractivity contribution is 7.18. The van der Waals surface area contributed by atoms with Gasteiger partial charge in [0.25, 0.3) is 5.91 Å². The van der Waals surface area contributed by atoms with Gasteiger partial charge in [-0.1, -0.05) is 30.3 Å². The number of rotatable bonds is 5. The van der Waals surface area contributed by atoms with Crippen molar-refractivity contribution in [2.24, 2.45) is 0 Å². The number of nitrogens with one attached hydrogen (secondary N) is 1. The second-order valence-corrected chi connectivity index (χ2v) is 7.16. The molecular formula is C19H23N3O3S. The first-order valence-corrected chi connectivity index (χ1v) is 9.40. The summed E-state index contributed by atoms with van der Waals surface area (Å²) in [5.74, 6) is -0.329. The lowest BCUT2D eigenvalue weighted by molar-refractivity contribution is -0.121. The molecule has 1 aliphatic rings. The monoisotopic (exact) mass is 373 g/mol. The molecule has 0 unspecified atom stereocenters. The molecule has 1 N–H and O–H groups in total. The van der Waals surface area contributed by atoms with E-state index in [1.807, 2.05) is 24.3 Å². The van der Waals surface area contributed by atoms with E-state index < -0.39 is 0 Å². The average molecular weight is 373 g/mol. The second kappa shape index (κ2) is 8.33. The summed E-state index contributed by atoms with van der Waals surface area (Å²) < 4.78 is 5.46. The van der Waals surface area contributed by atoms with E-state index in [0.717, 1.165) is 29.2 Å². The molecule has 26 heavy (non-hydrogen) atoms. The minimum absolute atomic E-state index is 0.0425. The summed E-state index contributed by atoms with van der Waals surface area (Å²) in [4.78, 5) is 28.7. The van der Waals surface area contributed by atoms with Crippen molar-refractivity contribution in [3.05, 3.63) is 41.3 Å². The number of nitrogens with zero attached hydrogens (tertiary/aromatic N) is 2. The molecule has 0 radical (unpaired) electrons. The Morgan fingerprint density at radius 3 is 2.58 bits per heavy atom. The van der Waals surface area contributed by atoms with Gasteiger partial charge in [-0.05, 0) is 11.6 Å². The maximum Gasteiger partial charge on any atom is 0.264 e. The predicted molar refractivity (Wildman–Crippen MR) is 104 cm³/mol. The number of likely N-dealkylation sites (N-methyl/N-ethyl adjacent to an activating group) is 2. The van der Waals surface area contributed by atoms with Crippen molar-refractivity contribution < 1.29 is 14.3 Å². The maximum absolute atomic E-state index is 12.8. The number of carbonyl (C=O) groups excluding carboxylic acids is 2. The first-order valence-electron chi connectivity index (χ1n) is 8.58. The lowest BCUT2D eigenvalue weighted by Crippen LogP contribution is -2.36. The molecule has 6 nitrogen and oxygen atoms in total. The summed E-state index contributed by atoms with van der Waals surface area (Å²) in [5, 5.41) is 3.62. The molecular weight excluding hydrogens is 350 g/mol. The van der Waals surface area contributed by atoms with Gasteiger partial charge in [-0.15, -0.1) is 11.3 Å². The Morgan fingerprint density at radius 2 is 1.92 bits per heavy atom. The van der Waals surface area contributed by atoms with Crippen LogP contribution >= 0.6 is 11.3 Å². The third-order valence-corrected chi connectivity index (χ3v) is 5.50. The molecule has 1 aliphatic heterocycles. The Balaban J connectivity index is 1.93. The molecule has 7 heteroatoms.